The maximum Gasteiger partial charge on any atom is 0.342 e. The molecule has 0 bridgehead atoms. The summed E-state index contributed by atoms with van der Waals surface area (Å²) < 4.78 is 5.98. The van der Waals surface area contributed by atoms with Crippen molar-refractivity contribution >= 4 is 23.4 Å². The van der Waals surface area contributed by atoms with E-state index in [4.69, 9.17) is 10.5 Å². The highest BCUT2D eigenvalue weighted by molar-refractivity contribution is 6.31. The average Bonchev–Trinajstić information content (AvgIpc) is 2.85. The Morgan fingerprint density at radius 1 is 1.22 bits per heavy atom. The third-order valence-electron chi connectivity index (χ3n) is 3.78. The maximum atomic E-state index is 12.8. The van der Waals surface area contributed by atoms with E-state index >= 15 is 0 Å². The van der Waals surface area contributed by atoms with Crippen molar-refractivity contribution in [1.29, 1.82) is 0 Å². The van der Waals surface area contributed by atoms with Crippen LogP contribution in [0.1, 0.15) is 49.3 Å². The highest BCUT2D eigenvalue weighted by Crippen LogP contribution is 2.35. The molecule has 0 unspecified atom stereocenters. The molecular weight excluding hydrogens is 300 g/mol. The molecule has 23 heavy (non-hydrogen) atoms. The molecule has 3 N–H and O–H groups in total. The lowest BCUT2D eigenvalue weighted by molar-refractivity contribution is 0.0525. The van der Waals surface area contributed by atoms with Gasteiger partial charge in [-0.3, -0.25) is 14.2 Å². The number of carbonyl (C=O) groups excluding carboxylic acids is 3. The molecule has 7 nitrogen and oxygen atoms in total. The van der Waals surface area contributed by atoms with Crippen LogP contribution in [0, 0.1) is 0 Å². The van der Waals surface area contributed by atoms with Crippen molar-refractivity contribution in [1.82, 2.24) is 4.57 Å². The molecule has 0 fully saturated rings. The van der Waals surface area contributed by atoms with Gasteiger partial charge < -0.3 is 15.6 Å². The zero-order valence-corrected chi connectivity index (χ0v) is 12.3. The van der Waals surface area contributed by atoms with Gasteiger partial charge in [0.2, 0.25) is 5.78 Å². The Hall–Kier alpha value is -2.93. The van der Waals surface area contributed by atoms with E-state index < -0.39 is 24.3 Å². The fourth-order valence-corrected chi connectivity index (χ4v) is 2.79. The summed E-state index contributed by atoms with van der Waals surface area (Å²) in [4.78, 5) is 37.6. The fraction of sp³-hybridized carbons (Fsp3) is 0.188. The largest absolute Gasteiger partial charge is 0.462 e. The van der Waals surface area contributed by atoms with Crippen molar-refractivity contribution in [2.24, 2.45) is 0 Å². The summed E-state index contributed by atoms with van der Waals surface area (Å²) in [6.45, 7) is 1.08. The number of benzene rings is 1. The second kappa shape index (κ2) is 5.36. The predicted molar refractivity (Wildman–Crippen MR) is 80.3 cm³/mol. The molecule has 7 heteroatoms. The summed E-state index contributed by atoms with van der Waals surface area (Å²) in [6.07, 6.45) is 0. The van der Waals surface area contributed by atoms with Crippen LogP contribution in [0.25, 0.3) is 0 Å². The smallest absolute Gasteiger partial charge is 0.342 e. The number of nitrogens with zero attached hydrogens (tertiary/aromatic N) is 1. The molecule has 1 aliphatic rings. The quantitative estimate of drug-likeness (QED) is 0.697. The number of anilines is 1. The van der Waals surface area contributed by atoms with Crippen molar-refractivity contribution in [2.45, 2.75) is 13.7 Å². The van der Waals surface area contributed by atoms with Crippen LogP contribution in [0.2, 0.25) is 0 Å². The van der Waals surface area contributed by atoms with Crippen molar-refractivity contribution in [3.63, 3.8) is 0 Å². The second-order valence-corrected chi connectivity index (χ2v) is 4.98. The standard InChI is InChI=1S/C16H14N2O5/c1-2-23-16(22)11-10-12(18(7-19)15(11)17)14(21)9-6-4-3-5-8(9)13(10)20/h3-6,19H,2,7,17H2,1H3. The zero-order valence-electron chi connectivity index (χ0n) is 12.3. The van der Waals surface area contributed by atoms with Gasteiger partial charge in [-0.15, -0.1) is 0 Å². The first-order valence-corrected chi connectivity index (χ1v) is 7.01. The van der Waals surface area contributed by atoms with Crippen molar-refractivity contribution in [2.75, 3.05) is 12.3 Å². The number of carbonyl (C=O) groups is 3. The molecule has 1 aromatic heterocycles. The SMILES string of the molecule is CCOC(=O)c1c2c(n(CO)c1N)C(=O)c1ccccc1C2=O. The molecule has 1 heterocycles. The summed E-state index contributed by atoms with van der Waals surface area (Å²) in [7, 11) is 0. The number of hydrogen-bond donors (Lipinski definition) is 2. The van der Waals surface area contributed by atoms with Gasteiger partial charge in [-0.1, -0.05) is 24.3 Å². The van der Waals surface area contributed by atoms with Crippen LogP contribution in [0.3, 0.4) is 0 Å². The van der Waals surface area contributed by atoms with E-state index in [1.807, 2.05) is 0 Å². The van der Waals surface area contributed by atoms with E-state index in [1.54, 1.807) is 19.1 Å². The Morgan fingerprint density at radius 3 is 2.39 bits per heavy atom. The third-order valence-corrected chi connectivity index (χ3v) is 3.78. The molecule has 3 rings (SSSR count). The molecule has 0 radical (unpaired) electrons. The van der Waals surface area contributed by atoms with Crippen LogP contribution >= 0.6 is 0 Å². The monoisotopic (exact) mass is 314 g/mol. The first-order chi connectivity index (χ1) is 11.0. The number of aromatic nitrogens is 1. The summed E-state index contributed by atoms with van der Waals surface area (Å²) in [6, 6.07) is 6.30. The lowest BCUT2D eigenvalue weighted by atomic mass is 9.86. The first kappa shape index (κ1) is 15.0. The van der Waals surface area contributed by atoms with E-state index in [2.05, 4.69) is 0 Å². The number of rotatable bonds is 3. The van der Waals surface area contributed by atoms with Crippen molar-refractivity contribution in [3.8, 4) is 0 Å². The molecule has 0 saturated heterocycles. The first-order valence-electron chi connectivity index (χ1n) is 7.01. The molecule has 1 aliphatic carbocycles. The summed E-state index contributed by atoms with van der Waals surface area (Å²) in [5.74, 6) is -1.91. The van der Waals surface area contributed by atoms with Crippen LogP contribution in [0.15, 0.2) is 24.3 Å². The van der Waals surface area contributed by atoms with Gasteiger partial charge in [-0.25, -0.2) is 4.79 Å². The minimum absolute atomic E-state index is 0.0863. The molecule has 1 aromatic carbocycles. The lowest BCUT2D eigenvalue weighted by Crippen LogP contribution is -2.24. The third kappa shape index (κ3) is 1.97. The van der Waals surface area contributed by atoms with Gasteiger partial charge in [-0.2, -0.15) is 0 Å². The predicted octanol–water partition coefficient (Wildman–Crippen LogP) is 0.972. The normalized spacial score (nSPS) is 12.8. The molecule has 118 valence electrons. The van der Waals surface area contributed by atoms with Gasteiger partial charge in [0.1, 0.15) is 23.8 Å². The van der Waals surface area contributed by atoms with E-state index in [-0.39, 0.29) is 40.4 Å². The minimum atomic E-state index is -0.797. The van der Waals surface area contributed by atoms with Crippen molar-refractivity contribution in [3.05, 3.63) is 52.2 Å². The highest BCUT2D eigenvalue weighted by Gasteiger charge is 2.39. The lowest BCUT2D eigenvalue weighted by Gasteiger charge is -2.16. The van der Waals surface area contributed by atoms with Crippen molar-refractivity contribution < 1.29 is 24.2 Å². The van der Waals surface area contributed by atoms with Gasteiger partial charge in [-0.05, 0) is 6.92 Å². The summed E-state index contributed by atoms with van der Waals surface area (Å²) in [5, 5.41) is 9.52. The second-order valence-electron chi connectivity index (χ2n) is 4.98. The number of esters is 1. The number of fused-ring (bicyclic) bond motifs is 2. The van der Waals surface area contributed by atoms with E-state index in [0.717, 1.165) is 4.57 Å². The number of ketones is 2. The average molecular weight is 314 g/mol. The molecule has 0 atom stereocenters. The van der Waals surface area contributed by atoms with Gasteiger partial charge in [0.05, 0.1) is 12.2 Å². The van der Waals surface area contributed by atoms with Gasteiger partial charge in [0.15, 0.2) is 5.78 Å². The Bertz CT molecular complexity index is 850. The minimum Gasteiger partial charge on any atom is -0.462 e. The van der Waals surface area contributed by atoms with Gasteiger partial charge in [0.25, 0.3) is 0 Å². The van der Waals surface area contributed by atoms with Crippen LogP contribution in [-0.2, 0) is 11.5 Å². The van der Waals surface area contributed by atoms with Gasteiger partial charge in [0, 0.05) is 11.1 Å². The number of nitrogens with two attached hydrogens (primary N) is 1. The number of ether oxygens (including phenoxy) is 1. The number of aliphatic hydroxyl groups is 1. The molecule has 0 spiro atoms. The Morgan fingerprint density at radius 2 is 1.83 bits per heavy atom. The Kier molecular flexibility index (Phi) is 3.49. The summed E-state index contributed by atoms with van der Waals surface area (Å²) >= 11 is 0. The van der Waals surface area contributed by atoms with Crippen LogP contribution < -0.4 is 5.73 Å². The Labute approximate surface area is 131 Å². The van der Waals surface area contributed by atoms with E-state index in [0.29, 0.717) is 0 Å². The summed E-state index contributed by atoms with van der Waals surface area (Å²) in [5.41, 5.74) is 5.92. The van der Waals surface area contributed by atoms with E-state index in [1.165, 1.54) is 12.1 Å². The number of aliphatic hydroxyl groups excluding tert-OH is 1. The van der Waals surface area contributed by atoms with Gasteiger partial charge >= 0.3 is 5.97 Å². The maximum absolute atomic E-state index is 12.8. The number of hydrogen-bond acceptors (Lipinski definition) is 6. The van der Waals surface area contributed by atoms with Crippen LogP contribution in [-0.4, -0.2) is 33.8 Å². The van der Waals surface area contributed by atoms with Crippen LogP contribution in [0.4, 0.5) is 5.82 Å². The van der Waals surface area contributed by atoms with E-state index in [9.17, 15) is 19.5 Å². The molecule has 0 amide bonds. The Balaban J connectivity index is 2.34. The zero-order chi connectivity index (χ0) is 16.7. The topological polar surface area (TPSA) is 112 Å². The number of nitrogen functional groups attached to an aromatic ring is 1. The molecular formula is C16H14N2O5. The van der Waals surface area contributed by atoms with Crippen LogP contribution in [0.5, 0.6) is 0 Å². The fourth-order valence-electron chi connectivity index (χ4n) is 2.79. The highest BCUT2D eigenvalue weighted by atomic mass is 16.5. The molecule has 0 saturated carbocycles. The molecule has 0 aliphatic heterocycles. The molecule has 2 aromatic rings.